The van der Waals surface area contributed by atoms with E-state index in [1.54, 1.807) is 48.5 Å². The molecule has 0 bridgehead atoms. The minimum absolute atomic E-state index is 0.133. The van der Waals surface area contributed by atoms with Crippen LogP contribution in [0.1, 0.15) is 10.4 Å². The van der Waals surface area contributed by atoms with Crippen LogP contribution >= 0.6 is 23.4 Å². The van der Waals surface area contributed by atoms with E-state index >= 15 is 0 Å². The molecule has 1 amide bonds. The minimum Gasteiger partial charge on any atom is -0.488 e. The number of amides is 1. The summed E-state index contributed by atoms with van der Waals surface area (Å²) in [5, 5.41) is 1.36. The molecule has 3 aromatic rings. The Morgan fingerprint density at radius 1 is 1.39 bits per heavy atom. The maximum Gasteiger partial charge on any atom is 0.261 e. The van der Waals surface area contributed by atoms with Crippen molar-refractivity contribution in [1.29, 1.82) is 0 Å². The predicted octanol–water partition coefficient (Wildman–Crippen LogP) is 2.62. The highest BCUT2D eigenvalue weighted by atomic mass is 35.5. The zero-order valence-electron chi connectivity index (χ0n) is 17.1. The van der Waals surface area contributed by atoms with Crippen LogP contribution < -0.4 is 10.3 Å². The van der Waals surface area contributed by atoms with Crippen molar-refractivity contribution in [1.82, 2.24) is 19.4 Å². The molecule has 1 atom stereocenters. The van der Waals surface area contributed by atoms with Crippen molar-refractivity contribution in [2.24, 2.45) is 7.05 Å². The van der Waals surface area contributed by atoms with Crippen LogP contribution in [0.2, 0.25) is 5.15 Å². The second-order valence-corrected chi connectivity index (χ2v) is 8.17. The molecule has 8 nitrogen and oxygen atoms in total. The number of halogens is 1. The summed E-state index contributed by atoms with van der Waals surface area (Å²) >= 11 is 7.40. The lowest BCUT2D eigenvalue weighted by molar-refractivity contribution is -0.0401. The number of aromatic nitrogens is 3. The SMILES string of the molecule is CSc1nc2cc(C(=O)N3CCOC(COc4cccnc4Cl)C3)ccc2c(=O)n1C. The first-order valence-corrected chi connectivity index (χ1v) is 11.3. The first kappa shape index (κ1) is 21.6. The number of nitrogens with zero attached hydrogens (tertiary/aromatic N) is 4. The van der Waals surface area contributed by atoms with E-state index in [-0.39, 0.29) is 29.3 Å². The van der Waals surface area contributed by atoms with E-state index in [2.05, 4.69) is 9.97 Å². The molecule has 2 aromatic heterocycles. The number of thioether (sulfide) groups is 1. The third-order valence-electron chi connectivity index (χ3n) is 5.04. The summed E-state index contributed by atoms with van der Waals surface area (Å²) in [6, 6.07) is 8.48. The molecular weight excluding hydrogens is 440 g/mol. The molecule has 1 aromatic carbocycles. The monoisotopic (exact) mass is 460 g/mol. The Morgan fingerprint density at radius 3 is 3.00 bits per heavy atom. The van der Waals surface area contributed by atoms with Crippen LogP contribution in [0.25, 0.3) is 10.9 Å². The van der Waals surface area contributed by atoms with Gasteiger partial charge in [0.05, 0.1) is 24.1 Å². The molecular formula is C21H21ClN4O4S. The Hall–Kier alpha value is -2.62. The third kappa shape index (κ3) is 4.53. The van der Waals surface area contributed by atoms with Gasteiger partial charge in [-0.1, -0.05) is 23.4 Å². The lowest BCUT2D eigenvalue weighted by Gasteiger charge is -2.33. The van der Waals surface area contributed by atoms with Gasteiger partial charge in [0.2, 0.25) is 0 Å². The molecule has 162 valence electrons. The zero-order valence-corrected chi connectivity index (χ0v) is 18.7. The number of fused-ring (bicyclic) bond motifs is 1. The van der Waals surface area contributed by atoms with Crippen LogP contribution in [0.4, 0.5) is 0 Å². The molecule has 0 spiro atoms. The van der Waals surface area contributed by atoms with E-state index in [0.29, 0.717) is 47.1 Å². The quantitative estimate of drug-likeness (QED) is 0.328. The normalized spacial score (nSPS) is 16.5. The molecule has 1 unspecified atom stereocenters. The van der Waals surface area contributed by atoms with E-state index in [4.69, 9.17) is 21.1 Å². The largest absolute Gasteiger partial charge is 0.488 e. The average Bonchev–Trinajstić information content (AvgIpc) is 2.80. The van der Waals surface area contributed by atoms with Crippen molar-refractivity contribution in [2.75, 3.05) is 32.6 Å². The van der Waals surface area contributed by atoms with Gasteiger partial charge >= 0.3 is 0 Å². The first-order valence-electron chi connectivity index (χ1n) is 9.67. The van der Waals surface area contributed by atoms with Crippen molar-refractivity contribution < 1.29 is 14.3 Å². The van der Waals surface area contributed by atoms with Gasteiger partial charge in [-0.15, -0.1) is 0 Å². The van der Waals surface area contributed by atoms with E-state index in [9.17, 15) is 9.59 Å². The summed E-state index contributed by atoms with van der Waals surface area (Å²) < 4.78 is 13.0. The molecule has 1 saturated heterocycles. The molecule has 10 heteroatoms. The molecule has 31 heavy (non-hydrogen) atoms. The Morgan fingerprint density at radius 2 is 2.23 bits per heavy atom. The van der Waals surface area contributed by atoms with Gasteiger partial charge in [0, 0.05) is 25.4 Å². The highest BCUT2D eigenvalue weighted by molar-refractivity contribution is 7.98. The fraction of sp³-hybridized carbons (Fsp3) is 0.333. The minimum atomic E-state index is -0.289. The Labute approximate surface area is 188 Å². The van der Waals surface area contributed by atoms with Crippen molar-refractivity contribution in [3.8, 4) is 5.75 Å². The van der Waals surface area contributed by atoms with Crippen LogP contribution in [-0.2, 0) is 11.8 Å². The number of carbonyl (C=O) groups is 1. The van der Waals surface area contributed by atoms with Gasteiger partial charge in [-0.2, -0.15) is 0 Å². The van der Waals surface area contributed by atoms with E-state index in [1.807, 2.05) is 6.26 Å². The summed E-state index contributed by atoms with van der Waals surface area (Å²) in [5.74, 6) is 0.339. The summed E-state index contributed by atoms with van der Waals surface area (Å²) in [6.45, 7) is 1.51. The molecule has 0 N–H and O–H groups in total. The number of carbonyl (C=O) groups excluding carboxylic acids is 1. The highest BCUT2D eigenvalue weighted by Gasteiger charge is 2.26. The van der Waals surface area contributed by atoms with Crippen molar-refractivity contribution >= 4 is 40.2 Å². The zero-order chi connectivity index (χ0) is 22.0. The molecule has 1 fully saturated rings. The predicted molar refractivity (Wildman–Crippen MR) is 119 cm³/mol. The molecule has 0 aliphatic carbocycles. The summed E-state index contributed by atoms with van der Waals surface area (Å²) in [5.41, 5.74) is 0.862. The maximum absolute atomic E-state index is 13.1. The Bertz CT molecular complexity index is 1190. The van der Waals surface area contributed by atoms with Gasteiger partial charge in [0.15, 0.2) is 16.1 Å². The van der Waals surface area contributed by atoms with Crippen molar-refractivity contribution in [3.63, 3.8) is 0 Å². The molecule has 1 aliphatic rings. The first-order chi connectivity index (χ1) is 15.0. The molecule has 1 aliphatic heterocycles. The fourth-order valence-corrected chi connectivity index (χ4v) is 4.14. The third-order valence-corrected chi connectivity index (χ3v) is 6.06. The molecule has 4 rings (SSSR count). The molecule has 0 radical (unpaired) electrons. The van der Waals surface area contributed by atoms with Crippen molar-refractivity contribution in [2.45, 2.75) is 11.3 Å². The number of benzene rings is 1. The van der Waals surface area contributed by atoms with Gasteiger partial charge in [0.1, 0.15) is 12.7 Å². The van der Waals surface area contributed by atoms with Gasteiger partial charge < -0.3 is 14.4 Å². The number of ether oxygens (including phenoxy) is 2. The Kier molecular flexibility index (Phi) is 6.45. The fourth-order valence-electron chi connectivity index (χ4n) is 3.42. The summed E-state index contributed by atoms with van der Waals surface area (Å²) in [7, 11) is 1.69. The van der Waals surface area contributed by atoms with Crippen molar-refractivity contribution in [3.05, 3.63) is 57.6 Å². The Balaban J connectivity index is 1.49. The van der Waals surface area contributed by atoms with E-state index in [0.717, 1.165) is 0 Å². The number of rotatable bonds is 5. The van der Waals surface area contributed by atoms with E-state index < -0.39 is 0 Å². The van der Waals surface area contributed by atoms with Gasteiger partial charge in [0.25, 0.3) is 11.5 Å². The second-order valence-electron chi connectivity index (χ2n) is 7.04. The number of pyridine rings is 1. The number of morpholine rings is 1. The highest BCUT2D eigenvalue weighted by Crippen LogP contribution is 2.22. The topological polar surface area (TPSA) is 86.6 Å². The molecule has 0 saturated carbocycles. The van der Waals surface area contributed by atoms with Crippen LogP contribution in [-0.4, -0.2) is 64.0 Å². The lowest BCUT2D eigenvalue weighted by Crippen LogP contribution is -2.47. The van der Waals surface area contributed by atoms with E-state index in [1.165, 1.54) is 16.3 Å². The standard InChI is InChI=1S/C21H21ClN4O4S/c1-25-20(28)15-6-5-13(10-16(15)24-21(25)31-2)19(27)26-8-9-29-14(11-26)12-30-17-4-3-7-23-18(17)22/h3-7,10,14H,8-9,11-12H2,1-2H3. The second kappa shape index (κ2) is 9.25. The smallest absolute Gasteiger partial charge is 0.261 e. The van der Waals surface area contributed by atoms with Crippen LogP contribution in [0.3, 0.4) is 0 Å². The summed E-state index contributed by atoms with van der Waals surface area (Å²) in [4.78, 5) is 35.8. The van der Waals surface area contributed by atoms with Crippen LogP contribution in [0, 0.1) is 0 Å². The van der Waals surface area contributed by atoms with Crippen LogP contribution in [0.5, 0.6) is 5.75 Å². The average molecular weight is 461 g/mol. The summed E-state index contributed by atoms with van der Waals surface area (Å²) in [6.07, 6.45) is 3.16. The lowest BCUT2D eigenvalue weighted by atomic mass is 10.1. The van der Waals surface area contributed by atoms with Gasteiger partial charge in [-0.05, 0) is 36.6 Å². The van der Waals surface area contributed by atoms with Crippen LogP contribution in [0.15, 0.2) is 46.5 Å². The van der Waals surface area contributed by atoms with Gasteiger partial charge in [-0.3, -0.25) is 14.2 Å². The number of hydrogen-bond donors (Lipinski definition) is 0. The molecule has 3 heterocycles. The van der Waals surface area contributed by atoms with Gasteiger partial charge in [-0.25, -0.2) is 9.97 Å². The maximum atomic E-state index is 13.1. The number of hydrogen-bond acceptors (Lipinski definition) is 7.